The third-order valence-electron chi connectivity index (χ3n) is 3.20. The van der Waals surface area contributed by atoms with Crippen LogP contribution in [-0.4, -0.2) is 16.9 Å². The van der Waals surface area contributed by atoms with Crippen molar-refractivity contribution < 1.29 is 14.7 Å². The second kappa shape index (κ2) is 5.54. The van der Waals surface area contributed by atoms with Crippen LogP contribution >= 0.6 is 11.6 Å². The number of amides is 2. The van der Waals surface area contributed by atoms with Crippen LogP contribution in [0, 0.1) is 0 Å². The monoisotopic (exact) mass is 314 g/mol. The molecule has 0 atom stereocenters. The van der Waals surface area contributed by atoms with Gasteiger partial charge in [-0.05, 0) is 36.4 Å². The van der Waals surface area contributed by atoms with E-state index >= 15 is 0 Å². The molecule has 1 fully saturated rings. The summed E-state index contributed by atoms with van der Waals surface area (Å²) in [4.78, 5) is 24.4. The van der Waals surface area contributed by atoms with Crippen molar-refractivity contribution in [1.29, 1.82) is 0 Å². The number of hydrazine groups is 1. The molecule has 6 heteroatoms. The number of carbonyl (C=O) groups excluding carboxylic acids is 2. The van der Waals surface area contributed by atoms with Crippen molar-refractivity contribution in [1.82, 2.24) is 5.43 Å². The topological polar surface area (TPSA) is 69.6 Å². The SMILES string of the molecule is O=C1NN(c2ccccc2)C(=O)/C1=C\c1cc(Cl)ccc1O. The highest BCUT2D eigenvalue weighted by Crippen LogP contribution is 2.26. The van der Waals surface area contributed by atoms with Crippen LogP contribution in [0.5, 0.6) is 5.75 Å². The number of rotatable bonds is 2. The number of nitrogens with zero attached hydrogens (tertiary/aromatic N) is 1. The number of hydrogen-bond acceptors (Lipinski definition) is 3. The molecule has 0 bridgehead atoms. The van der Waals surface area contributed by atoms with Gasteiger partial charge in [0.15, 0.2) is 0 Å². The van der Waals surface area contributed by atoms with Crippen LogP contribution < -0.4 is 10.4 Å². The maximum atomic E-state index is 12.4. The zero-order valence-electron chi connectivity index (χ0n) is 11.3. The summed E-state index contributed by atoms with van der Waals surface area (Å²) in [6, 6.07) is 13.2. The fraction of sp³-hybridized carbons (Fsp3) is 0. The first-order chi connectivity index (χ1) is 10.6. The largest absolute Gasteiger partial charge is 0.507 e. The number of halogens is 1. The first kappa shape index (κ1) is 14.2. The Hall–Kier alpha value is -2.79. The molecule has 0 aromatic heterocycles. The van der Waals surface area contributed by atoms with Crippen LogP contribution in [0.4, 0.5) is 5.69 Å². The molecule has 110 valence electrons. The van der Waals surface area contributed by atoms with Crippen molar-refractivity contribution in [2.75, 3.05) is 5.01 Å². The van der Waals surface area contributed by atoms with Gasteiger partial charge in [0.25, 0.3) is 11.8 Å². The van der Waals surface area contributed by atoms with Gasteiger partial charge in [0.1, 0.15) is 11.3 Å². The summed E-state index contributed by atoms with van der Waals surface area (Å²) in [7, 11) is 0. The number of benzene rings is 2. The Bertz CT molecular complexity index is 787. The summed E-state index contributed by atoms with van der Waals surface area (Å²) in [5.74, 6) is -1.08. The van der Waals surface area contributed by atoms with E-state index in [2.05, 4.69) is 5.43 Å². The molecule has 0 spiro atoms. The molecular weight excluding hydrogens is 304 g/mol. The second-order valence-corrected chi connectivity index (χ2v) is 5.11. The van der Waals surface area contributed by atoms with E-state index in [0.29, 0.717) is 16.3 Å². The number of hydrogen-bond donors (Lipinski definition) is 2. The molecule has 5 nitrogen and oxygen atoms in total. The summed E-state index contributed by atoms with van der Waals surface area (Å²) in [6.45, 7) is 0. The highest BCUT2D eigenvalue weighted by Gasteiger charge is 2.34. The predicted molar refractivity (Wildman–Crippen MR) is 83.2 cm³/mol. The van der Waals surface area contributed by atoms with E-state index in [0.717, 1.165) is 5.01 Å². The van der Waals surface area contributed by atoms with Crippen molar-refractivity contribution in [3.05, 3.63) is 64.7 Å². The minimum absolute atomic E-state index is 0.0596. The van der Waals surface area contributed by atoms with Gasteiger partial charge in [0.05, 0.1) is 5.69 Å². The maximum Gasteiger partial charge on any atom is 0.282 e. The van der Waals surface area contributed by atoms with Gasteiger partial charge in [-0.3, -0.25) is 15.0 Å². The van der Waals surface area contributed by atoms with E-state index in [1.54, 1.807) is 24.3 Å². The smallest absolute Gasteiger partial charge is 0.282 e. The lowest BCUT2D eigenvalue weighted by atomic mass is 10.1. The normalized spacial score (nSPS) is 16.2. The molecule has 1 aliphatic heterocycles. The molecule has 0 aliphatic carbocycles. The van der Waals surface area contributed by atoms with Crippen LogP contribution in [0.1, 0.15) is 5.56 Å². The molecule has 0 radical (unpaired) electrons. The Balaban J connectivity index is 1.98. The van der Waals surface area contributed by atoms with E-state index in [4.69, 9.17) is 11.6 Å². The van der Waals surface area contributed by atoms with Crippen molar-refractivity contribution in [2.45, 2.75) is 0 Å². The first-order valence-corrected chi connectivity index (χ1v) is 6.85. The van der Waals surface area contributed by atoms with Crippen LogP contribution in [0.2, 0.25) is 5.02 Å². The highest BCUT2D eigenvalue weighted by molar-refractivity contribution is 6.32. The zero-order chi connectivity index (χ0) is 15.7. The average Bonchev–Trinajstić information content (AvgIpc) is 2.80. The van der Waals surface area contributed by atoms with Gasteiger partial charge < -0.3 is 5.11 Å². The van der Waals surface area contributed by atoms with E-state index in [9.17, 15) is 14.7 Å². The van der Waals surface area contributed by atoms with E-state index in [-0.39, 0.29) is 11.3 Å². The Kier molecular flexibility index (Phi) is 3.56. The van der Waals surface area contributed by atoms with Crippen LogP contribution in [0.3, 0.4) is 0 Å². The van der Waals surface area contributed by atoms with Crippen LogP contribution in [0.15, 0.2) is 54.1 Å². The van der Waals surface area contributed by atoms with E-state index < -0.39 is 11.8 Å². The fourth-order valence-corrected chi connectivity index (χ4v) is 2.29. The minimum atomic E-state index is -0.534. The zero-order valence-corrected chi connectivity index (χ0v) is 12.0. The molecule has 0 saturated carbocycles. The van der Waals surface area contributed by atoms with E-state index in [1.807, 2.05) is 6.07 Å². The van der Waals surface area contributed by atoms with Crippen molar-refractivity contribution in [3.63, 3.8) is 0 Å². The molecule has 2 N–H and O–H groups in total. The van der Waals surface area contributed by atoms with Gasteiger partial charge >= 0.3 is 0 Å². The molecule has 2 aromatic rings. The Morgan fingerprint density at radius 1 is 1.09 bits per heavy atom. The number of anilines is 1. The Morgan fingerprint density at radius 2 is 1.82 bits per heavy atom. The summed E-state index contributed by atoms with van der Waals surface area (Å²) in [6.07, 6.45) is 1.32. The number of nitrogens with one attached hydrogen (secondary N) is 1. The molecule has 3 rings (SSSR count). The number of carbonyl (C=O) groups is 2. The third-order valence-corrected chi connectivity index (χ3v) is 3.43. The summed E-state index contributed by atoms with van der Waals surface area (Å²) in [5, 5.41) is 11.4. The molecule has 22 heavy (non-hydrogen) atoms. The van der Waals surface area contributed by atoms with Gasteiger partial charge in [0, 0.05) is 10.6 Å². The molecular formula is C16H11ClN2O3. The summed E-state index contributed by atoms with van der Waals surface area (Å²) in [5.41, 5.74) is 3.28. The fourth-order valence-electron chi connectivity index (χ4n) is 2.11. The van der Waals surface area contributed by atoms with Crippen molar-refractivity contribution in [3.8, 4) is 5.75 Å². The van der Waals surface area contributed by atoms with E-state index in [1.165, 1.54) is 24.3 Å². The summed E-state index contributed by atoms with van der Waals surface area (Å²) < 4.78 is 0. The van der Waals surface area contributed by atoms with Crippen LogP contribution in [0.25, 0.3) is 6.08 Å². The molecule has 1 aliphatic rings. The number of aromatic hydroxyl groups is 1. The average molecular weight is 315 g/mol. The van der Waals surface area contributed by atoms with Gasteiger partial charge in [-0.1, -0.05) is 29.8 Å². The lowest BCUT2D eigenvalue weighted by Crippen LogP contribution is -2.35. The Morgan fingerprint density at radius 3 is 2.55 bits per heavy atom. The lowest BCUT2D eigenvalue weighted by Gasteiger charge is -2.13. The van der Waals surface area contributed by atoms with Gasteiger partial charge in [-0.25, -0.2) is 5.01 Å². The number of para-hydroxylation sites is 1. The van der Waals surface area contributed by atoms with Gasteiger partial charge in [-0.2, -0.15) is 0 Å². The quantitative estimate of drug-likeness (QED) is 0.661. The van der Waals surface area contributed by atoms with Crippen LogP contribution in [-0.2, 0) is 9.59 Å². The van der Waals surface area contributed by atoms with Gasteiger partial charge in [-0.15, -0.1) is 0 Å². The molecule has 0 unspecified atom stereocenters. The standard InChI is InChI=1S/C16H11ClN2O3/c17-11-6-7-14(20)10(8-11)9-13-15(21)18-19(16(13)22)12-4-2-1-3-5-12/h1-9,20H,(H,18,21)/b13-9-. The maximum absolute atomic E-state index is 12.4. The molecule has 1 heterocycles. The lowest BCUT2D eigenvalue weighted by molar-refractivity contribution is -0.117. The first-order valence-electron chi connectivity index (χ1n) is 6.47. The molecule has 1 saturated heterocycles. The second-order valence-electron chi connectivity index (χ2n) is 4.68. The van der Waals surface area contributed by atoms with Crippen molar-refractivity contribution in [2.24, 2.45) is 0 Å². The Labute approximate surface area is 131 Å². The predicted octanol–water partition coefficient (Wildman–Crippen LogP) is 2.51. The highest BCUT2D eigenvalue weighted by atomic mass is 35.5. The van der Waals surface area contributed by atoms with Gasteiger partial charge in [0.2, 0.25) is 0 Å². The third kappa shape index (κ3) is 2.54. The summed E-state index contributed by atoms with van der Waals surface area (Å²) >= 11 is 5.86. The number of phenolic OH excluding ortho intramolecular Hbond substituents is 1. The minimum Gasteiger partial charge on any atom is -0.507 e. The molecule has 2 amide bonds. The number of phenols is 1. The molecule has 2 aromatic carbocycles. The van der Waals surface area contributed by atoms with Crippen molar-refractivity contribution >= 4 is 35.2 Å².